The summed E-state index contributed by atoms with van der Waals surface area (Å²) >= 11 is 0. The molecule has 160 valence electrons. The van der Waals surface area contributed by atoms with Crippen molar-refractivity contribution in [3.8, 4) is 16.9 Å². The summed E-state index contributed by atoms with van der Waals surface area (Å²) in [7, 11) is 2.65. The lowest BCUT2D eigenvalue weighted by molar-refractivity contribution is -0.121. The van der Waals surface area contributed by atoms with E-state index in [4.69, 9.17) is 4.74 Å². The maximum Gasteiger partial charge on any atom is 0.407 e. The van der Waals surface area contributed by atoms with Crippen LogP contribution in [-0.4, -0.2) is 37.2 Å². The van der Waals surface area contributed by atoms with Crippen LogP contribution in [0.15, 0.2) is 30.5 Å². The number of ether oxygens (including phenoxy) is 2. The van der Waals surface area contributed by atoms with Crippen LogP contribution in [-0.2, 0) is 9.53 Å². The summed E-state index contributed by atoms with van der Waals surface area (Å²) in [6.45, 7) is 0. The maximum atomic E-state index is 14.4. The van der Waals surface area contributed by atoms with Crippen LogP contribution in [0.25, 0.3) is 11.1 Å². The molecule has 1 saturated carbocycles. The molecule has 1 aliphatic rings. The van der Waals surface area contributed by atoms with Crippen molar-refractivity contribution in [1.82, 2.24) is 10.3 Å². The summed E-state index contributed by atoms with van der Waals surface area (Å²) in [5.74, 6) is -1.38. The van der Waals surface area contributed by atoms with Crippen LogP contribution in [0.1, 0.15) is 25.7 Å². The first-order chi connectivity index (χ1) is 14.4. The van der Waals surface area contributed by atoms with E-state index < -0.39 is 17.7 Å². The van der Waals surface area contributed by atoms with Gasteiger partial charge in [-0.1, -0.05) is 6.42 Å². The van der Waals surface area contributed by atoms with Gasteiger partial charge in [0.25, 0.3) is 0 Å². The number of nitrogens with zero attached hydrogens (tertiary/aromatic N) is 1. The minimum atomic E-state index is -0.627. The molecule has 30 heavy (non-hydrogen) atoms. The van der Waals surface area contributed by atoms with Crippen molar-refractivity contribution < 1.29 is 27.8 Å². The van der Waals surface area contributed by atoms with E-state index in [1.165, 1.54) is 32.4 Å². The van der Waals surface area contributed by atoms with Crippen molar-refractivity contribution in [3.05, 3.63) is 42.1 Å². The van der Waals surface area contributed by atoms with Gasteiger partial charge >= 0.3 is 6.09 Å². The second kappa shape index (κ2) is 9.51. The van der Waals surface area contributed by atoms with Gasteiger partial charge in [-0.2, -0.15) is 0 Å². The first-order valence-electron chi connectivity index (χ1n) is 9.56. The van der Waals surface area contributed by atoms with E-state index in [1.54, 1.807) is 0 Å². The first kappa shape index (κ1) is 21.5. The number of carbonyl (C=O) groups is 2. The highest BCUT2D eigenvalue weighted by atomic mass is 19.1. The van der Waals surface area contributed by atoms with Crippen molar-refractivity contribution in [3.63, 3.8) is 0 Å². The van der Waals surface area contributed by atoms with Crippen molar-refractivity contribution in [2.45, 2.75) is 31.7 Å². The topological polar surface area (TPSA) is 89.5 Å². The number of hydrogen-bond donors (Lipinski definition) is 2. The van der Waals surface area contributed by atoms with Crippen molar-refractivity contribution in [2.24, 2.45) is 5.92 Å². The van der Waals surface area contributed by atoms with Gasteiger partial charge in [0, 0.05) is 29.2 Å². The predicted octanol–water partition coefficient (Wildman–Crippen LogP) is 3.89. The third kappa shape index (κ3) is 5.03. The first-order valence-corrected chi connectivity index (χ1v) is 9.56. The van der Waals surface area contributed by atoms with Gasteiger partial charge in [-0.15, -0.1) is 0 Å². The van der Waals surface area contributed by atoms with Gasteiger partial charge in [0.15, 0.2) is 0 Å². The largest absolute Gasteiger partial charge is 0.496 e. The minimum Gasteiger partial charge on any atom is -0.496 e. The molecular weight excluding hydrogens is 396 g/mol. The van der Waals surface area contributed by atoms with E-state index in [0.717, 1.165) is 25.1 Å². The van der Waals surface area contributed by atoms with Gasteiger partial charge in [0.05, 0.1) is 20.4 Å². The SMILES string of the molecule is COC(=O)NC1CCCC(C(=O)Nc2cc(-c3ccc(F)cc3OC)c(F)cn2)C1. The van der Waals surface area contributed by atoms with Gasteiger partial charge in [-0.05, 0) is 37.5 Å². The lowest BCUT2D eigenvalue weighted by atomic mass is 9.85. The third-order valence-electron chi connectivity index (χ3n) is 5.11. The Morgan fingerprint density at radius 1 is 1.13 bits per heavy atom. The van der Waals surface area contributed by atoms with Gasteiger partial charge in [0.1, 0.15) is 23.2 Å². The van der Waals surface area contributed by atoms with Gasteiger partial charge in [-0.3, -0.25) is 4.79 Å². The Balaban J connectivity index is 1.75. The Labute approximate surface area is 172 Å². The molecule has 0 saturated heterocycles. The summed E-state index contributed by atoms with van der Waals surface area (Å²) in [6.07, 6.45) is 3.16. The zero-order chi connectivity index (χ0) is 21.7. The quantitative estimate of drug-likeness (QED) is 0.768. The molecule has 2 aromatic rings. The molecule has 1 aliphatic carbocycles. The van der Waals surface area contributed by atoms with E-state index in [9.17, 15) is 18.4 Å². The molecule has 3 rings (SSSR count). The number of amides is 2. The summed E-state index contributed by atoms with van der Waals surface area (Å²) in [6, 6.07) is 5.00. The van der Waals surface area contributed by atoms with E-state index in [1.807, 2.05) is 0 Å². The zero-order valence-electron chi connectivity index (χ0n) is 16.7. The summed E-state index contributed by atoms with van der Waals surface area (Å²) in [5.41, 5.74) is 0.473. The van der Waals surface area contributed by atoms with E-state index in [2.05, 4.69) is 20.4 Å². The highest BCUT2D eigenvalue weighted by Gasteiger charge is 2.28. The molecule has 1 fully saturated rings. The second-order valence-corrected chi connectivity index (χ2v) is 7.08. The Kier molecular flexibility index (Phi) is 6.81. The fourth-order valence-electron chi connectivity index (χ4n) is 3.61. The fourth-order valence-corrected chi connectivity index (χ4v) is 3.61. The number of pyridine rings is 1. The monoisotopic (exact) mass is 419 g/mol. The molecule has 2 amide bonds. The van der Waals surface area contributed by atoms with Crippen LogP contribution >= 0.6 is 0 Å². The Bertz CT molecular complexity index is 938. The minimum absolute atomic E-state index is 0.131. The molecule has 1 heterocycles. The van der Waals surface area contributed by atoms with E-state index >= 15 is 0 Å². The van der Waals surface area contributed by atoms with Crippen LogP contribution in [0.4, 0.5) is 19.4 Å². The van der Waals surface area contributed by atoms with Gasteiger partial charge in [-0.25, -0.2) is 18.6 Å². The number of alkyl carbamates (subject to hydrolysis) is 1. The standard InChI is InChI=1S/C21H23F2N3O4/c1-29-18-9-13(22)6-7-15(18)16-10-19(24-11-17(16)23)26-20(27)12-4-3-5-14(8-12)25-21(28)30-2/h6-7,9-12,14H,3-5,8H2,1-2H3,(H,25,28)(H,24,26,27). The Morgan fingerprint density at radius 3 is 2.67 bits per heavy atom. The normalized spacial score (nSPS) is 18.4. The van der Waals surface area contributed by atoms with Crippen LogP contribution in [0, 0.1) is 17.6 Å². The molecule has 1 aromatic carbocycles. The maximum absolute atomic E-state index is 14.4. The number of anilines is 1. The molecule has 9 heteroatoms. The lowest BCUT2D eigenvalue weighted by Crippen LogP contribution is -2.41. The summed E-state index contributed by atoms with van der Waals surface area (Å²) in [5, 5.41) is 5.43. The molecule has 2 unspecified atom stereocenters. The van der Waals surface area contributed by atoms with E-state index in [0.29, 0.717) is 18.4 Å². The molecule has 2 atom stereocenters. The molecule has 0 radical (unpaired) electrons. The smallest absolute Gasteiger partial charge is 0.407 e. The van der Waals surface area contributed by atoms with Crippen LogP contribution in [0.3, 0.4) is 0 Å². The van der Waals surface area contributed by atoms with Crippen LogP contribution < -0.4 is 15.4 Å². The average Bonchev–Trinajstić information content (AvgIpc) is 2.75. The fraction of sp³-hybridized carbons (Fsp3) is 0.381. The highest BCUT2D eigenvalue weighted by molar-refractivity contribution is 5.92. The molecule has 1 aromatic heterocycles. The van der Waals surface area contributed by atoms with Gasteiger partial charge in [0.2, 0.25) is 5.91 Å². The number of nitrogens with one attached hydrogen (secondary N) is 2. The van der Waals surface area contributed by atoms with Gasteiger partial charge < -0.3 is 20.1 Å². The van der Waals surface area contributed by atoms with Crippen LogP contribution in [0.5, 0.6) is 5.75 Å². The van der Waals surface area contributed by atoms with Crippen molar-refractivity contribution in [1.29, 1.82) is 0 Å². The molecule has 0 spiro atoms. The second-order valence-electron chi connectivity index (χ2n) is 7.08. The Morgan fingerprint density at radius 2 is 1.93 bits per heavy atom. The van der Waals surface area contributed by atoms with E-state index in [-0.39, 0.29) is 35.0 Å². The summed E-state index contributed by atoms with van der Waals surface area (Å²) in [4.78, 5) is 28.1. The lowest BCUT2D eigenvalue weighted by Gasteiger charge is -2.28. The third-order valence-corrected chi connectivity index (χ3v) is 5.11. The molecule has 7 nitrogen and oxygen atoms in total. The summed E-state index contributed by atoms with van der Waals surface area (Å²) < 4.78 is 37.6. The highest BCUT2D eigenvalue weighted by Crippen LogP contribution is 2.33. The van der Waals surface area contributed by atoms with Crippen molar-refractivity contribution in [2.75, 3.05) is 19.5 Å². The molecule has 0 aliphatic heterocycles. The number of methoxy groups -OCH3 is 2. The zero-order valence-corrected chi connectivity index (χ0v) is 16.7. The number of aromatic nitrogens is 1. The molecular formula is C21H23F2N3O4. The average molecular weight is 419 g/mol. The number of halogens is 2. The van der Waals surface area contributed by atoms with Crippen LogP contribution in [0.2, 0.25) is 0 Å². The van der Waals surface area contributed by atoms with Crippen molar-refractivity contribution >= 4 is 17.8 Å². The molecule has 2 N–H and O–H groups in total. The Hall–Kier alpha value is -3.23. The number of benzene rings is 1. The predicted molar refractivity (Wildman–Crippen MR) is 106 cm³/mol. The molecule has 0 bridgehead atoms. The number of rotatable bonds is 5. The number of carbonyl (C=O) groups excluding carboxylic acids is 2. The number of hydrogen-bond acceptors (Lipinski definition) is 5.